The van der Waals surface area contributed by atoms with Gasteiger partial charge in [-0.05, 0) is 17.7 Å². The topological polar surface area (TPSA) is 38.3 Å². The summed E-state index contributed by atoms with van der Waals surface area (Å²) in [4.78, 5) is 10.9. The molecule has 1 saturated heterocycles. The first-order chi connectivity index (χ1) is 7.24. The van der Waals surface area contributed by atoms with Gasteiger partial charge in [-0.3, -0.25) is 4.79 Å². The average Bonchev–Trinajstić information content (AvgIpc) is 2.64. The molecular formula is C11H12ClNO2. The molecule has 1 atom stereocenters. The molecule has 1 aliphatic heterocycles. The molecule has 1 fully saturated rings. The fourth-order valence-electron chi connectivity index (χ4n) is 1.49. The van der Waals surface area contributed by atoms with Crippen molar-refractivity contribution in [1.29, 1.82) is 0 Å². The molecule has 4 heteroatoms. The van der Waals surface area contributed by atoms with Gasteiger partial charge in [0.15, 0.2) is 0 Å². The molecule has 1 N–H and O–H groups in total. The lowest BCUT2D eigenvalue weighted by Crippen LogP contribution is -2.17. The van der Waals surface area contributed by atoms with Crippen LogP contribution in [0.25, 0.3) is 0 Å². The van der Waals surface area contributed by atoms with Crippen LogP contribution in [0.2, 0.25) is 5.02 Å². The van der Waals surface area contributed by atoms with Crippen LogP contribution in [0.4, 0.5) is 0 Å². The number of nitrogens with one attached hydrogen (secondary N) is 1. The van der Waals surface area contributed by atoms with Crippen molar-refractivity contribution in [3.8, 4) is 0 Å². The van der Waals surface area contributed by atoms with Gasteiger partial charge < -0.3 is 10.1 Å². The summed E-state index contributed by atoms with van der Waals surface area (Å²) >= 11 is 5.76. The minimum atomic E-state index is 0.00757. The molecule has 15 heavy (non-hydrogen) atoms. The summed E-state index contributed by atoms with van der Waals surface area (Å²) in [6.45, 7) is 1.14. The zero-order chi connectivity index (χ0) is 10.7. The summed E-state index contributed by atoms with van der Waals surface area (Å²) in [5.74, 6) is 0.0658. The molecule has 1 aromatic rings. The van der Waals surface area contributed by atoms with Gasteiger partial charge in [-0.2, -0.15) is 0 Å². The first kappa shape index (κ1) is 10.5. The number of carbonyl (C=O) groups excluding carboxylic acids is 1. The van der Waals surface area contributed by atoms with Crippen LogP contribution in [-0.2, 0) is 16.1 Å². The van der Waals surface area contributed by atoms with E-state index in [1.807, 2.05) is 24.3 Å². The highest BCUT2D eigenvalue weighted by molar-refractivity contribution is 6.30. The quantitative estimate of drug-likeness (QED) is 0.851. The lowest BCUT2D eigenvalue weighted by molar-refractivity contribution is -0.119. The van der Waals surface area contributed by atoms with Crippen LogP contribution in [-0.4, -0.2) is 18.6 Å². The molecule has 0 aromatic heterocycles. The maximum Gasteiger partial charge on any atom is 0.222 e. The summed E-state index contributed by atoms with van der Waals surface area (Å²) in [5.41, 5.74) is 1.07. The van der Waals surface area contributed by atoms with Crippen molar-refractivity contribution in [3.05, 3.63) is 34.9 Å². The second kappa shape index (κ2) is 4.64. The van der Waals surface area contributed by atoms with Gasteiger partial charge in [-0.25, -0.2) is 0 Å². The van der Waals surface area contributed by atoms with Gasteiger partial charge in [0, 0.05) is 11.6 Å². The van der Waals surface area contributed by atoms with Crippen LogP contribution < -0.4 is 5.32 Å². The Bertz CT molecular complexity index is 350. The van der Waals surface area contributed by atoms with Gasteiger partial charge in [0.1, 0.15) is 0 Å². The molecule has 3 nitrogen and oxygen atoms in total. The Morgan fingerprint density at radius 3 is 2.73 bits per heavy atom. The number of hydrogen-bond donors (Lipinski definition) is 1. The van der Waals surface area contributed by atoms with Crippen molar-refractivity contribution in [2.75, 3.05) is 6.54 Å². The highest BCUT2D eigenvalue weighted by atomic mass is 35.5. The average molecular weight is 226 g/mol. The zero-order valence-corrected chi connectivity index (χ0v) is 8.96. The molecule has 0 radical (unpaired) electrons. The second-order valence-electron chi connectivity index (χ2n) is 3.57. The Hall–Kier alpha value is -1.06. The van der Waals surface area contributed by atoms with Crippen molar-refractivity contribution < 1.29 is 9.53 Å². The first-order valence-corrected chi connectivity index (χ1v) is 5.24. The fourth-order valence-corrected chi connectivity index (χ4v) is 1.62. The maximum atomic E-state index is 10.9. The standard InChI is InChI=1S/C11H12ClNO2/c12-9-3-1-8(2-4-9)7-15-10-5-11(14)13-6-10/h1-4,10H,5-7H2,(H,13,14)/t10-/m0/s1. The third-order valence-corrected chi connectivity index (χ3v) is 2.59. The van der Waals surface area contributed by atoms with E-state index in [-0.39, 0.29) is 12.0 Å². The fraction of sp³-hybridized carbons (Fsp3) is 0.364. The van der Waals surface area contributed by atoms with Crippen LogP contribution in [0.15, 0.2) is 24.3 Å². The third kappa shape index (κ3) is 2.94. The minimum absolute atomic E-state index is 0.00757. The van der Waals surface area contributed by atoms with Crippen molar-refractivity contribution >= 4 is 17.5 Å². The van der Waals surface area contributed by atoms with Gasteiger partial charge in [-0.1, -0.05) is 23.7 Å². The lowest BCUT2D eigenvalue weighted by Gasteiger charge is -2.09. The Kier molecular flexibility index (Phi) is 3.23. The van der Waals surface area contributed by atoms with Crippen molar-refractivity contribution in [3.63, 3.8) is 0 Å². The number of benzene rings is 1. The van der Waals surface area contributed by atoms with E-state index < -0.39 is 0 Å². The number of halogens is 1. The van der Waals surface area contributed by atoms with Crippen LogP contribution in [0.1, 0.15) is 12.0 Å². The first-order valence-electron chi connectivity index (χ1n) is 4.87. The van der Waals surface area contributed by atoms with Crippen LogP contribution in [0, 0.1) is 0 Å². The molecule has 0 spiro atoms. The largest absolute Gasteiger partial charge is 0.371 e. The van der Waals surface area contributed by atoms with E-state index in [9.17, 15) is 4.79 Å². The Balaban J connectivity index is 1.83. The molecule has 1 heterocycles. The molecule has 0 aliphatic carbocycles. The van der Waals surface area contributed by atoms with E-state index in [0.717, 1.165) is 10.6 Å². The van der Waals surface area contributed by atoms with E-state index in [1.54, 1.807) is 0 Å². The molecule has 0 unspecified atom stereocenters. The normalized spacial score (nSPS) is 20.3. The zero-order valence-electron chi connectivity index (χ0n) is 8.20. The van der Waals surface area contributed by atoms with Crippen molar-refractivity contribution in [2.45, 2.75) is 19.1 Å². The van der Waals surface area contributed by atoms with Crippen LogP contribution in [0.5, 0.6) is 0 Å². The van der Waals surface area contributed by atoms with Crippen LogP contribution >= 0.6 is 11.6 Å². The van der Waals surface area contributed by atoms with Gasteiger partial charge in [0.25, 0.3) is 0 Å². The van der Waals surface area contributed by atoms with Gasteiger partial charge in [0.2, 0.25) is 5.91 Å². The smallest absolute Gasteiger partial charge is 0.222 e. The summed E-state index contributed by atoms with van der Waals surface area (Å²) in [5, 5.41) is 3.45. The molecule has 2 rings (SSSR count). The van der Waals surface area contributed by atoms with E-state index in [2.05, 4.69) is 5.32 Å². The van der Waals surface area contributed by atoms with Crippen molar-refractivity contribution in [2.24, 2.45) is 0 Å². The van der Waals surface area contributed by atoms with Gasteiger partial charge in [-0.15, -0.1) is 0 Å². The number of amides is 1. The van der Waals surface area contributed by atoms with E-state index in [0.29, 0.717) is 19.6 Å². The molecule has 1 aliphatic rings. The van der Waals surface area contributed by atoms with Crippen LogP contribution in [0.3, 0.4) is 0 Å². The SMILES string of the molecule is O=C1C[C@H](OCc2ccc(Cl)cc2)CN1. The predicted molar refractivity (Wildman–Crippen MR) is 57.7 cm³/mol. The predicted octanol–water partition coefficient (Wildman–Crippen LogP) is 1.75. The molecular weight excluding hydrogens is 214 g/mol. The van der Waals surface area contributed by atoms with Crippen molar-refractivity contribution in [1.82, 2.24) is 5.32 Å². The highest BCUT2D eigenvalue weighted by Gasteiger charge is 2.21. The Labute approximate surface area is 93.4 Å². The lowest BCUT2D eigenvalue weighted by atomic mass is 10.2. The van der Waals surface area contributed by atoms with E-state index >= 15 is 0 Å². The summed E-state index contributed by atoms with van der Waals surface area (Å²) < 4.78 is 5.57. The Morgan fingerprint density at radius 1 is 1.40 bits per heavy atom. The molecule has 0 bridgehead atoms. The molecule has 1 aromatic carbocycles. The number of hydrogen-bond acceptors (Lipinski definition) is 2. The number of ether oxygens (including phenoxy) is 1. The van der Waals surface area contributed by atoms with E-state index in [1.165, 1.54) is 0 Å². The summed E-state index contributed by atoms with van der Waals surface area (Å²) in [7, 11) is 0. The minimum Gasteiger partial charge on any atom is -0.371 e. The second-order valence-corrected chi connectivity index (χ2v) is 4.00. The molecule has 80 valence electrons. The maximum absolute atomic E-state index is 10.9. The monoisotopic (exact) mass is 225 g/mol. The van der Waals surface area contributed by atoms with E-state index in [4.69, 9.17) is 16.3 Å². The number of carbonyl (C=O) groups is 1. The summed E-state index contributed by atoms with van der Waals surface area (Å²) in [6.07, 6.45) is 0.473. The van der Waals surface area contributed by atoms with Gasteiger partial charge in [0.05, 0.1) is 19.1 Å². The van der Waals surface area contributed by atoms with Gasteiger partial charge >= 0.3 is 0 Å². The highest BCUT2D eigenvalue weighted by Crippen LogP contribution is 2.12. The third-order valence-electron chi connectivity index (χ3n) is 2.34. The molecule has 1 amide bonds. The number of rotatable bonds is 3. The Morgan fingerprint density at radius 2 is 2.13 bits per heavy atom. The summed E-state index contributed by atoms with van der Waals surface area (Å²) in [6, 6.07) is 7.51. The molecule has 0 saturated carbocycles.